The van der Waals surface area contributed by atoms with Gasteiger partial charge in [0, 0.05) is 29.9 Å². The summed E-state index contributed by atoms with van der Waals surface area (Å²) in [5.41, 5.74) is 3.86. The molecule has 150 valence electrons. The molecule has 30 heavy (non-hydrogen) atoms. The van der Waals surface area contributed by atoms with Crippen molar-refractivity contribution in [1.29, 1.82) is 0 Å². The Morgan fingerprint density at radius 1 is 1.13 bits per heavy atom. The van der Waals surface area contributed by atoms with Gasteiger partial charge < -0.3 is 9.42 Å². The molecule has 0 saturated carbocycles. The van der Waals surface area contributed by atoms with E-state index < -0.39 is 0 Å². The van der Waals surface area contributed by atoms with Crippen LogP contribution in [0.5, 0.6) is 0 Å². The lowest BCUT2D eigenvalue weighted by atomic mass is 10.0. The van der Waals surface area contributed by atoms with Gasteiger partial charge >= 0.3 is 0 Å². The summed E-state index contributed by atoms with van der Waals surface area (Å²) in [6.07, 6.45) is 6.56. The Bertz CT molecular complexity index is 1240. The van der Waals surface area contributed by atoms with E-state index in [9.17, 15) is 4.79 Å². The van der Waals surface area contributed by atoms with Gasteiger partial charge in [-0.25, -0.2) is 15.0 Å². The number of pyridine rings is 1. The molecule has 0 aliphatic carbocycles. The predicted molar refractivity (Wildman–Crippen MR) is 110 cm³/mol. The second-order valence-corrected chi connectivity index (χ2v) is 7.54. The number of amides is 1. The summed E-state index contributed by atoms with van der Waals surface area (Å²) in [6, 6.07) is 7.56. The molecular weight excluding hydrogens is 380 g/mol. The third-order valence-corrected chi connectivity index (χ3v) is 5.39. The average Bonchev–Trinajstić information content (AvgIpc) is 3.42. The van der Waals surface area contributed by atoms with Gasteiger partial charge in [-0.3, -0.25) is 4.79 Å². The van der Waals surface area contributed by atoms with Gasteiger partial charge in [-0.15, -0.1) is 0 Å². The number of benzene rings is 1. The minimum atomic E-state index is -0.213. The minimum Gasteiger partial charge on any atom is -0.337 e. The highest BCUT2D eigenvalue weighted by molar-refractivity contribution is 6.07. The molecular formula is C22H20N6O2. The van der Waals surface area contributed by atoms with Crippen molar-refractivity contribution in [1.82, 2.24) is 30.0 Å². The van der Waals surface area contributed by atoms with Gasteiger partial charge in [0.25, 0.3) is 5.91 Å². The van der Waals surface area contributed by atoms with Crippen LogP contribution < -0.4 is 0 Å². The van der Waals surface area contributed by atoms with E-state index in [1.807, 2.05) is 36.1 Å². The Morgan fingerprint density at radius 2 is 1.97 bits per heavy atom. The highest BCUT2D eigenvalue weighted by Gasteiger charge is 2.35. The van der Waals surface area contributed by atoms with E-state index in [4.69, 9.17) is 9.51 Å². The van der Waals surface area contributed by atoms with Gasteiger partial charge in [-0.05, 0) is 44.9 Å². The van der Waals surface area contributed by atoms with Crippen molar-refractivity contribution in [3.8, 4) is 11.3 Å². The van der Waals surface area contributed by atoms with Crippen LogP contribution in [0, 0.1) is 13.8 Å². The molecule has 0 unspecified atom stereocenters. The summed E-state index contributed by atoms with van der Waals surface area (Å²) in [5, 5.41) is 4.72. The molecule has 1 aromatic carbocycles. The lowest BCUT2D eigenvalue weighted by Crippen LogP contribution is -2.31. The van der Waals surface area contributed by atoms with Crippen molar-refractivity contribution in [2.24, 2.45) is 0 Å². The first-order valence-corrected chi connectivity index (χ1v) is 9.88. The molecule has 1 atom stereocenters. The third-order valence-electron chi connectivity index (χ3n) is 5.39. The van der Waals surface area contributed by atoms with Crippen LogP contribution in [0.1, 0.15) is 46.5 Å². The fourth-order valence-corrected chi connectivity index (χ4v) is 3.97. The summed E-state index contributed by atoms with van der Waals surface area (Å²) >= 11 is 0. The summed E-state index contributed by atoms with van der Waals surface area (Å²) < 4.78 is 5.38. The summed E-state index contributed by atoms with van der Waals surface area (Å²) in [7, 11) is 0. The monoisotopic (exact) mass is 400 g/mol. The number of carbonyl (C=O) groups is 1. The van der Waals surface area contributed by atoms with Crippen LogP contribution in [0.4, 0.5) is 0 Å². The number of aryl methyl sites for hydroxylation is 2. The fourth-order valence-electron chi connectivity index (χ4n) is 3.97. The molecule has 1 amide bonds. The maximum Gasteiger partial charge on any atom is 0.255 e. The molecule has 1 aliphatic heterocycles. The van der Waals surface area contributed by atoms with Gasteiger partial charge in [0.05, 0.1) is 16.8 Å². The average molecular weight is 400 g/mol. The molecule has 8 nitrogen and oxygen atoms in total. The zero-order chi connectivity index (χ0) is 20.7. The maximum atomic E-state index is 13.7. The van der Waals surface area contributed by atoms with E-state index >= 15 is 0 Å². The van der Waals surface area contributed by atoms with Gasteiger partial charge in [-0.2, -0.15) is 4.98 Å². The van der Waals surface area contributed by atoms with Gasteiger partial charge in [-0.1, -0.05) is 16.8 Å². The highest BCUT2D eigenvalue weighted by Crippen LogP contribution is 2.34. The number of hydrogen-bond acceptors (Lipinski definition) is 7. The standard InChI is InChI=1S/C22H20N6O2/c1-13-5-6-18-16(8-13)17(9-19(26-18)15-10-23-12-24-11-15)22(29)28-7-3-4-20(28)21-25-14(2)27-30-21/h5-6,8-12,20H,3-4,7H2,1-2H3/t20-/m1/s1. The first-order chi connectivity index (χ1) is 14.6. The normalized spacial score (nSPS) is 16.3. The molecule has 4 heterocycles. The number of aromatic nitrogens is 5. The molecule has 1 fully saturated rings. The topological polar surface area (TPSA) is 97.9 Å². The smallest absolute Gasteiger partial charge is 0.255 e. The first-order valence-electron chi connectivity index (χ1n) is 9.88. The molecule has 3 aromatic heterocycles. The van der Waals surface area contributed by atoms with E-state index in [2.05, 4.69) is 20.1 Å². The van der Waals surface area contributed by atoms with Gasteiger partial charge in [0.2, 0.25) is 5.89 Å². The maximum absolute atomic E-state index is 13.7. The van der Waals surface area contributed by atoms with E-state index in [1.165, 1.54) is 6.33 Å². The number of nitrogens with zero attached hydrogens (tertiary/aromatic N) is 6. The van der Waals surface area contributed by atoms with Crippen LogP contribution in [0.25, 0.3) is 22.2 Å². The van der Waals surface area contributed by atoms with Crippen LogP contribution in [0.2, 0.25) is 0 Å². The van der Waals surface area contributed by atoms with Crippen molar-refractivity contribution in [2.45, 2.75) is 32.7 Å². The lowest BCUT2D eigenvalue weighted by Gasteiger charge is -2.23. The molecule has 8 heteroatoms. The first kappa shape index (κ1) is 18.4. The Kier molecular flexibility index (Phi) is 4.46. The molecule has 1 saturated heterocycles. The van der Waals surface area contributed by atoms with Gasteiger partial charge in [0.15, 0.2) is 5.82 Å². The Morgan fingerprint density at radius 3 is 2.73 bits per heavy atom. The Labute approximate surface area is 173 Å². The summed E-state index contributed by atoms with van der Waals surface area (Å²) in [4.78, 5) is 32.8. The zero-order valence-corrected chi connectivity index (χ0v) is 16.7. The molecule has 1 aliphatic rings. The van der Waals surface area contributed by atoms with Crippen LogP contribution in [0.3, 0.4) is 0 Å². The van der Waals surface area contributed by atoms with E-state index in [0.717, 1.165) is 34.9 Å². The van der Waals surface area contributed by atoms with E-state index in [1.54, 1.807) is 19.3 Å². The fraction of sp³-hybridized carbons (Fsp3) is 0.273. The second kappa shape index (κ2) is 7.29. The largest absolute Gasteiger partial charge is 0.337 e. The van der Waals surface area contributed by atoms with Crippen molar-refractivity contribution >= 4 is 16.8 Å². The quantitative estimate of drug-likeness (QED) is 0.517. The second-order valence-electron chi connectivity index (χ2n) is 7.54. The van der Waals surface area contributed by atoms with Crippen molar-refractivity contribution < 1.29 is 9.32 Å². The van der Waals surface area contributed by atoms with Gasteiger partial charge in [0.1, 0.15) is 12.4 Å². The third kappa shape index (κ3) is 3.20. The SMILES string of the molecule is Cc1ccc2nc(-c3cncnc3)cc(C(=O)N3CCC[C@@H]3c3nc(C)no3)c2c1. The van der Waals surface area contributed by atoms with Crippen LogP contribution in [-0.2, 0) is 0 Å². The van der Waals surface area contributed by atoms with E-state index in [0.29, 0.717) is 29.5 Å². The van der Waals surface area contributed by atoms with E-state index in [-0.39, 0.29) is 11.9 Å². The van der Waals surface area contributed by atoms with Crippen molar-refractivity contribution in [3.05, 3.63) is 65.8 Å². The number of carbonyl (C=O) groups excluding carboxylic acids is 1. The Balaban J connectivity index is 1.63. The number of rotatable bonds is 3. The highest BCUT2D eigenvalue weighted by atomic mass is 16.5. The molecule has 5 rings (SSSR count). The molecule has 0 spiro atoms. The van der Waals surface area contributed by atoms with Crippen molar-refractivity contribution in [3.63, 3.8) is 0 Å². The molecule has 0 radical (unpaired) electrons. The summed E-state index contributed by atoms with van der Waals surface area (Å²) in [6.45, 7) is 4.43. The zero-order valence-electron chi connectivity index (χ0n) is 16.7. The number of likely N-dealkylation sites (tertiary alicyclic amines) is 1. The molecule has 4 aromatic rings. The summed E-state index contributed by atoms with van der Waals surface area (Å²) in [5.74, 6) is 0.995. The molecule has 0 bridgehead atoms. The van der Waals surface area contributed by atoms with Crippen LogP contribution in [0.15, 0.2) is 47.5 Å². The lowest BCUT2D eigenvalue weighted by molar-refractivity contribution is 0.0712. The minimum absolute atomic E-state index is 0.0653. The predicted octanol–water partition coefficient (Wildman–Crippen LogP) is 3.67. The number of hydrogen-bond donors (Lipinski definition) is 0. The van der Waals surface area contributed by atoms with Crippen LogP contribution >= 0.6 is 0 Å². The van der Waals surface area contributed by atoms with Crippen LogP contribution in [-0.4, -0.2) is 42.4 Å². The van der Waals surface area contributed by atoms with Crippen molar-refractivity contribution in [2.75, 3.05) is 6.54 Å². The number of fused-ring (bicyclic) bond motifs is 1. The Hall–Kier alpha value is -3.68. The molecule has 0 N–H and O–H groups in total.